The van der Waals surface area contributed by atoms with Gasteiger partial charge in [-0.25, -0.2) is 14.3 Å². The highest BCUT2D eigenvalue weighted by atomic mass is 79.9. The quantitative estimate of drug-likeness (QED) is 0.547. The largest absolute Gasteiger partial charge is 0.465 e. The zero-order valence-corrected chi connectivity index (χ0v) is 16.7. The molecule has 27 heavy (non-hydrogen) atoms. The molecule has 0 saturated carbocycles. The minimum Gasteiger partial charge on any atom is -0.465 e. The predicted molar refractivity (Wildman–Crippen MR) is 104 cm³/mol. The zero-order valence-electron chi connectivity index (χ0n) is 14.4. The van der Waals surface area contributed by atoms with Crippen LogP contribution < -0.4 is 0 Å². The third-order valence-corrected chi connectivity index (χ3v) is 4.66. The fraction of sp³-hybridized carbons (Fsp3) is 0.105. The summed E-state index contributed by atoms with van der Waals surface area (Å²) in [6.45, 7) is 0. The molecule has 0 unspecified atom stereocenters. The molecule has 0 spiro atoms. The van der Waals surface area contributed by atoms with Crippen molar-refractivity contribution < 1.29 is 19.1 Å². The van der Waals surface area contributed by atoms with Gasteiger partial charge in [-0.05, 0) is 30.3 Å². The van der Waals surface area contributed by atoms with E-state index in [1.165, 1.54) is 18.9 Å². The maximum Gasteiger partial charge on any atom is 0.357 e. The average molecular weight is 450 g/mol. The summed E-state index contributed by atoms with van der Waals surface area (Å²) >= 11 is 9.72. The van der Waals surface area contributed by atoms with Gasteiger partial charge in [0.05, 0.1) is 24.9 Å². The van der Waals surface area contributed by atoms with Gasteiger partial charge in [0.15, 0.2) is 5.69 Å². The molecule has 0 aliphatic rings. The number of benzene rings is 2. The van der Waals surface area contributed by atoms with Crippen LogP contribution in [0.1, 0.15) is 20.8 Å². The van der Waals surface area contributed by atoms with Gasteiger partial charge in [0, 0.05) is 10.0 Å². The van der Waals surface area contributed by atoms with E-state index in [0.29, 0.717) is 16.3 Å². The van der Waals surface area contributed by atoms with Gasteiger partial charge in [0.1, 0.15) is 11.3 Å². The Bertz CT molecular complexity index is 1020. The molecule has 0 radical (unpaired) electrons. The normalized spacial score (nSPS) is 10.5. The number of para-hydroxylation sites is 1. The van der Waals surface area contributed by atoms with Crippen molar-refractivity contribution in [2.24, 2.45) is 0 Å². The molecule has 0 aliphatic heterocycles. The van der Waals surface area contributed by atoms with E-state index < -0.39 is 11.9 Å². The zero-order chi connectivity index (χ0) is 19.6. The smallest absolute Gasteiger partial charge is 0.357 e. The van der Waals surface area contributed by atoms with Crippen LogP contribution in [0.4, 0.5) is 0 Å². The maximum absolute atomic E-state index is 12.6. The van der Waals surface area contributed by atoms with Gasteiger partial charge in [-0.15, -0.1) is 0 Å². The molecular formula is C19H14BrClN2O4. The van der Waals surface area contributed by atoms with Crippen LogP contribution in [0.25, 0.3) is 16.9 Å². The standard InChI is InChI=1S/C19H14BrClN2O4/c1-26-18(24)15-16(13-10-11(20)8-9-14(13)21)22-23(17(15)19(25)27-2)12-6-4-3-5-7-12/h3-10H,1-2H3. The Kier molecular flexibility index (Phi) is 5.62. The third-order valence-electron chi connectivity index (χ3n) is 3.84. The number of nitrogens with zero attached hydrogens (tertiary/aromatic N) is 2. The summed E-state index contributed by atoms with van der Waals surface area (Å²) in [6.07, 6.45) is 0. The van der Waals surface area contributed by atoms with Crippen LogP contribution in [-0.4, -0.2) is 35.9 Å². The van der Waals surface area contributed by atoms with Gasteiger partial charge in [-0.2, -0.15) is 5.10 Å². The lowest BCUT2D eigenvalue weighted by Crippen LogP contribution is -2.15. The molecule has 2 aromatic carbocycles. The average Bonchev–Trinajstić information content (AvgIpc) is 3.09. The number of aromatic nitrogens is 2. The number of esters is 2. The van der Waals surface area contributed by atoms with E-state index in [0.717, 1.165) is 4.47 Å². The van der Waals surface area contributed by atoms with Crippen molar-refractivity contribution in [3.8, 4) is 16.9 Å². The van der Waals surface area contributed by atoms with Crippen molar-refractivity contribution >= 4 is 39.5 Å². The van der Waals surface area contributed by atoms with Crippen LogP contribution in [0.5, 0.6) is 0 Å². The fourth-order valence-electron chi connectivity index (χ4n) is 2.62. The molecular weight excluding hydrogens is 436 g/mol. The summed E-state index contributed by atoms with van der Waals surface area (Å²) < 4.78 is 11.9. The van der Waals surface area contributed by atoms with Gasteiger partial charge in [-0.1, -0.05) is 45.7 Å². The summed E-state index contributed by atoms with van der Waals surface area (Å²) in [7, 11) is 2.47. The van der Waals surface area contributed by atoms with Crippen LogP contribution in [0.3, 0.4) is 0 Å². The molecule has 0 aliphatic carbocycles. The SMILES string of the molecule is COC(=O)c1c(-c2cc(Br)ccc2Cl)nn(-c2ccccc2)c1C(=O)OC. The first kappa shape index (κ1) is 19.1. The van der Waals surface area contributed by atoms with Crippen molar-refractivity contribution in [3.63, 3.8) is 0 Å². The van der Waals surface area contributed by atoms with Crippen LogP contribution >= 0.6 is 27.5 Å². The summed E-state index contributed by atoms with van der Waals surface area (Å²) in [5.41, 5.74) is 1.22. The van der Waals surface area contributed by atoms with E-state index in [9.17, 15) is 9.59 Å². The molecule has 0 N–H and O–H groups in total. The number of ether oxygens (including phenoxy) is 2. The lowest BCUT2D eigenvalue weighted by atomic mass is 10.1. The number of rotatable bonds is 4. The Morgan fingerprint density at radius 1 is 1.04 bits per heavy atom. The van der Waals surface area contributed by atoms with Crippen molar-refractivity contribution in [1.29, 1.82) is 0 Å². The van der Waals surface area contributed by atoms with Crippen molar-refractivity contribution in [1.82, 2.24) is 9.78 Å². The molecule has 138 valence electrons. The Labute approximate surface area is 168 Å². The molecule has 0 saturated heterocycles. The molecule has 1 aromatic heterocycles. The minimum absolute atomic E-state index is 0.0202. The summed E-state index contributed by atoms with van der Waals surface area (Å²) in [5.74, 6) is -1.44. The van der Waals surface area contributed by atoms with E-state index in [1.807, 2.05) is 6.07 Å². The number of halogens is 2. The molecule has 0 fully saturated rings. The lowest BCUT2D eigenvalue weighted by molar-refractivity contribution is 0.0549. The van der Waals surface area contributed by atoms with Crippen molar-refractivity contribution in [3.05, 3.63) is 69.3 Å². The fourth-order valence-corrected chi connectivity index (χ4v) is 3.19. The number of carbonyl (C=O) groups is 2. The molecule has 0 bridgehead atoms. The van der Waals surface area contributed by atoms with E-state index in [2.05, 4.69) is 21.0 Å². The highest BCUT2D eigenvalue weighted by Gasteiger charge is 2.32. The van der Waals surface area contributed by atoms with E-state index >= 15 is 0 Å². The molecule has 3 aromatic rings. The van der Waals surface area contributed by atoms with E-state index in [1.54, 1.807) is 42.5 Å². The second kappa shape index (κ2) is 7.94. The monoisotopic (exact) mass is 448 g/mol. The van der Waals surface area contributed by atoms with Gasteiger partial charge in [-0.3, -0.25) is 0 Å². The second-order valence-electron chi connectivity index (χ2n) is 5.43. The second-order valence-corrected chi connectivity index (χ2v) is 6.75. The minimum atomic E-state index is -0.719. The number of carbonyl (C=O) groups excluding carboxylic acids is 2. The Morgan fingerprint density at radius 2 is 1.70 bits per heavy atom. The number of hydrogen-bond acceptors (Lipinski definition) is 5. The van der Waals surface area contributed by atoms with Crippen molar-refractivity contribution in [2.75, 3.05) is 14.2 Å². The molecule has 0 amide bonds. The van der Waals surface area contributed by atoms with Gasteiger partial charge < -0.3 is 9.47 Å². The molecule has 8 heteroatoms. The Balaban J connectivity index is 2.40. The van der Waals surface area contributed by atoms with Crippen LogP contribution in [0, 0.1) is 0 Å². The van der Waals surface area contributed by atoms with Crippen molar-refractivity contribution in [2.45, 2.75) is 0 Å². The first-order valence-electron chi connectivity index (χ1n) is 7.78. The van der Waals surface area contributed by atoms with Crippen LogP contribution in [-0.2, 0) is 9.47 Å². The summed E-state index contributed by atoms with van der Waals surface area (Å²) in [6, 6.07) is 14.1. The highest BCUT2D eigenvalue weighted by Crippen LogP contribution is 2.35. The maximum atomic E-state index is 12.6. The summed E-state index contributed by atoms with van der Waals surface area (Å²) in [5, 5.41) is 4.87. The van der Waals surface area contributed by atoms with E-state index in [-0.39, 0.29) is 17.0 Å². The number of methoxy groups -OCH3 is 2. The first-order valence-corrected chi connectivity index (χ1v) is 8.95. The molecule has 6 nitrogen and oxygen atoms in total. The molecule has 1 heterocycles. The highest BCUT2D eigenvalue weighted by molar-refractivity contribution is 9.10. The Hall–Kier alpha value is -2.64. The molecule has 0 atom stereocenters. The van der Waals surface area contributed by atoms with Crippen LogP contribution in [0.15, 0.2) is 53.0 Å². The van der Waals surface area contributed by atoms with Gasteiger partial charge in [0.2, 0.25) is 0 Å². The Morgan fingerprint density at radius 3 is 2.33 bits per heavy atom. The van der Waals surface area contributed by atoms with Gasteiger partial charge in [0.25, 0.3) is 0 Å². The van der Waals surface area contributed by atoms with Crippen LogP contribution in [0.2, 0.25) is 5.02 Å². The number of hydrogen-bond donors (Lipinski definition) is 0. The van der Waals surface area contributed by atoms with Gasteiger partial charge >= 0.3 is 11.9 Å². The topological polar surface area (TPSA) is 70.4 Å². The molecule has 3 rings (SSSR count). The predicted octanol–water partition coefficient (Wildman–Crippen LogP) is 4.53. The first-order chi connectivity index (χ1) is 13.0. The third kappa shape index (κ3) is 3.61. The summed E-state index contributed by atoms with van der Waals surface area (Å²) in [4.78, 5) is 25.1. The van der Waals surface area contributed by atoms with E-state index in [4.69, 9.17) is 21.1 Å². The lowest BCUT2D eigenvalue weighted by Gasteiger charge is -2.07.